The van der Waals surface area contributed by atoms with E-state index in [9.17, 15) is 5.11 Å². The highest BCUT2D eigenvalue weighted by molar-refractivity contribution is 7.80. The first-order valence-electron chi connectivity index (χ1n) is 8.05. The number of para-hydroxylation sites is 2. The third kappa shape index (κ3) is 2.74. The van der Waals surface area contributed by atoms with Gasteiger partial charge in [-0.2, -0.15) is 0 Å². The monoisotopic (exact) mass is 350 g/mol. The fourth-order valence-corrected chi connectivity index (χ4v) is 3.66. The van der Waals surface area contributed by atoms with Crippen LogP contribution in [-0.2, 0) is 7.05 Å². The summed E-state index contributed by atoms with van der Waals surface area (Å²) >= 11 is 5.61. The number of benzene rings is 1. The van der Waals surface area contributed by atoms with Crippen molar-refractivity contribution in [2.45, 2.75) is 12.1 Å². The molecule has 1 aliphatic heterocycles. The molecule has 0 spiro atoms. The maximum absolute atomic E-state index is 10.4. The fourth-order valence-electron chi connectivity index (χ4n) is 3.32. The van der Waals surface area contributed by atoms with Gasteiger partial charge in [0.2, 0.25) is 0 Å². The second kappa shape index (κ2) is 6.22. The molecule has 0 radical (unpaired) electrons. The van der Waals surface area contributed by atoms with Crippen molar-refractivity contribution in [1.82, 2.24) is 14.9 Å². The highest BCUT2D eigenvalue weighted by atomic mass is 32.1. The van der Waals surface area contributed by atoms with Crippen LogP contribution in [0.15, 0.2) is 67.1 Å². The van der Waals surface area contributed by atoms with Crippen LogP contribution in [0.5, 0.6) is 5.75 Å². The number of anilines is 1. The summed E-state index contributed by atoms with van der Waals surface area (Å²) in [6.07, 6.45) is 5.86. The van der Waals surface area contributed by atoms with Gasteiger partial charge in [0.25, 0.3) is 0 Å². The summed E-state index contributed by atoms with van der Waals surface area (Å²) in [6.45, 7) is 0. The van der Waals surface area contributed by atoms with Crippen LogP contribution in [0.2, 0.25) is 0 Å². The third-order valence-electron chi connectivity index (χ3n) is 4.44. The number of thiocarbonyl (C=S) groups is 1. The van der Waals surface area contributed by atoms with Gasteiger partial charge >= 0.3 is 0 Å². The number of aryl methyl sites for hydroxylation is 1. The minimum atomic E-state index is -0.101. The van der Waals surface area contributed by atoms with Crippen LogP contribution < -0.4 is 10.2 Å². The average Bonchev–Trinajstić information content (AvgIpc) is 3.19. The standard InChI is InChI=1S/C19H18N4OS/c1-22-11-9-13(12-22)18-17(14-6-4-5-10-20-14)21-19(25)23(18)15-7-2-3-8-16(15)24/h2-12,17-18,24H,1H3,(H,21,25)/t17-,18+/m1/s1. The number of nitrogens with one attached hydrogen (secondary N) is 1. The van der Waals surface area contributed by atoms with E-state index in [2.05, 4.69) is 22.6 Å². The summed E-state index contributed by atoms with van der Waals surface area (Å²) in [4.78, 5) is 6.48. The van der Waals surface area contributed by atoms with E-state index in [0.717, 1.165) is 11.3 Å². The first-order chi connectivity index (χ1) is 12.1. The summed E-state index contributed by atoms with van der Waals surface area (Å²) in [6, 6.07) is 15.0. The Morgan fingerprint density at radius 1 is 1.12 bits per heavy atom. The van der Waals surface area contributed by atoms with Crippen molar-refractivity contribution in [3.63, 3.8) is 0 Å². The zero-order valence-corrected chi connectivity index (χ0v) is 14.5. The molecule has 1 aliphatic rings. The van der Waals surface area contributed by atoms with Gasteiger partial charge in [-0.3, -0.25) is 4.98 Å². The molecular weight excluding hydrogens is 332 g/mol. The van der Waals surface area contributed by atoms with Crippen molar-refractivity contribution in [2.75, 3.05) is 4.90 Å². The molecule has 1 aromatic carbocycles. The van der Waals surface area contributed by atoms with Crippen molar-refractivity contribution in [2.24, 2.45) is 7.05 Å². The minimum absolute atomic E-state index is 0.100. The second-order valence-corrected chi connectivity index (χ2v) is 6.48. The number of hydrogen-bond donors (Lipinski definition) is 2. The predicted octanol–water partition coefficient (Wildman–Crippen LogP) is 3.30. The van der Waals surface area contributed by atoms with Crippen LogP contribution in [-0.4, -0.2) is 19.8 Å². The van der Waals surface area contributed by atoms with E-state index in [0.29, 0.717) is 10.8 Å². The minimum Gasteiger partial charge on any atom is -0.506 e. The first kappa shape index (κ1) is 15.7. The summed E-state index contributed by atoms with van der Waals surface area (Å²) in [5, 5.41) is 14.3. The fraction of sp³-hybridized carbons (Fsp3) is 0.158. The van der Waals surface area contributed by atoms with Gasteiger partial charge < -0.3 is 19.9 Å². The van der Waals surface area contributed by atoms with Gasteiger partial charge in [-0.1, -0.05) is 18.2 Å². The highest BCUT2D eigenvalue weighted by Crippen LogP contribution is 2.43. The maximum Gasteiger partial charge on any atom is 0.174 e. The molecule has 3 heterocycles. The number of phenols is 1. The zero-order chi connectivity index (χ0) is 17.4. The molecule has 0 saturated carbocycles. The number of hydrogen-bond acceptors (Lipinski definition) is 3. The Hall–Kier alpha value is -2.86. The van der Waals surface area contributed by atoms with Crippen LogP contribution >= 0.6 is 12.2 Å². The normalized spacial score (nSPS) is 19.9. The van der Waals surface area contributed by atoms with Crippen molar-refractivity contribution in [3.8, 4) is 5.75 Å². The van der Waals surface area contributed by atoms with E-state index in [-0.39, 0.29) is 17.8 Å². The Kier molecular flexibility index (Phi) is 3.89. The molecule has 5 nitrogen and oxygen atoms in total. The molecule has 2 aromatic heterocycles. The van der Waals surface area contributed by atoms with Gasteiger partial charge in [0.05, 0.1) is 23.5 Å². The summed E-state index contributed by atoms with van der Waals surface area (Å²) in [7, 11) is 1.99. The van der Waals surface area contributed by atoms with Crippen LogP contribution in [0, 0.1) is 0 Å². The number of aromatic hydroxyl groups is 1. The third-order valence-corrected chi connectivity index (χ3v) is 4.75. The van der Waals surface area contributed by atoms with E-state index < -0.39 is 0 Å². The molecule has 1 fully saturated rings. The summed E-state index contributed by atoms with van der Waals surface area (Å²) in [5.74, 6) is 0.203. The van der Waals surface area contributed by atoms with Gasteiger partial charge in [0.15, 0.2) is 5.11 Å². The van der Waals surface area contributed by atoms with Crippen LogP contribution in [0.25, 0.3) is 0 Å². The quantitative estimate of drug-likeness (QED) is 0.710. The average molecular weight is 350 g/mol. The second-order valence-electron chi connectivity index (χ2n) is 6.10. The molecule has 2 atom stereocenters. The lowest BCUT2D eigenvalue weighted by Gasteiger charge is -2.27. The van der Waals surface area contributed by atoms with Crippen LogP contribution in [0.3, 0.4) is 0 Å². The van der Waals surface area contributed by atoms with Crippen molar-refractivity contribution in [3.05, 3.63) is 78.4 Å². The molecule has 6 heteroatoms. The molecule has 0 unspecified atom stereocenters. The Bertz CT molecular complexity index is 909. The van der Waals surface area contributed by atoms with Crippen molar-refractivity contribution < 1.29 is 5.11 Å². The molecule has 126 valence electrons. The number of rotatable bonds is 3. The number of aromatic nitrogens is 2. The van der Waals surface area contributed by atoms with Crippen molar-refractivity contribution >= 4 is 23.0 Å². The summed E-state index contributed by atoms with van der Waals surface area (Å²) < 4.78 is 2.01. The van der Waals surface area contributed by atoms with E-state index >= 15 is 0 Å². The van der Waals surface area contributed by atoms with E-state index in [1.807, 2.05) is 53.0 Å². The molecule has 0 aliphatic carbocycles. The number of phenolic OH excluding ortho intramolecular Hbond substituents is 1. The largest absolute Gasteiger partial charge is 0.506 e. The molecule has 1 saturated heterocycles. The van der Waals surface area contributed by atoms with E-state index in [1.54, 1.807) is 18.3 Å². The Morgan fingerprint density at radius 2 is 1.92 bits per heavy atom. The molecule has 0 bridgehead atoms. The Morgan fingerprint density at radius 3 is 2.60 bits per heavy atom. The molecule has 3 aromatic rings. The number of pyridine rings is 1. The molecule has 25 heavy (non-hydrogen) atoms. The maximum atomic E-state index is 10.4. The van der Waals surface area contributed by atoms with E-state index in [1.165, 1.54) is 0 Å². The Balaban J connectivity index is 1.85. The lowest BCUT2D eigenvalue weighted by molar-refractivity contribution is 0.473. The van der Waals surface area contributed by atoms with Crippen molar-refractivity contribution in [1.29, 1.82) is 0 Å². The van der Waals surface area contributed by atoms with Gasteiger partial charge in [-0.05, 0) is 48.1 Å². The Labute approximate surface area is 151 Å². The van der Waals surface area contributed by atoms with E-state index in [4.69, 9.17) is 12.2 Å². The molecular formula is C19H18N4OS. The first-order valence-corrected chi connectivity index (χ1v) is 8.46. The van der Waals surface area contributed by atoms with Crippen LogP contribution in [0.4, 0.5) is 5.69 Å². The lowest BCUT2D eigenvalue weighted by Crippen LogP contribution is -2.29. The molecule has 4 rings (SSSR count). The molecule has 0 amide bonds. The molecule has 2 N–H and O–H groups in total. The van der Waals surface area contributed by atoms with Gasteiger partial charge in [-0.25, -0.2) is 0 Å². The number of nitrogens with zero attached hydrogens (tertiary/aromatic N) is 3. The SMILES string of the molecule is Cn1ccc([C@H]2[C@@H](c3ccccn3)NC(=S)N2c2ccccc2O)c1. The van der Waals surface area contributed by atoms with Gasteiger partial charge in [-0.15, -0.1) is 0 Å². The smallest absolute Gasteiger partial charge is 0.174 e. The topological polar surface area (TPSA) is 53.3 Å². The predicted molar refractivity (Wildman–Crippen MR) is 101 cm³/mol. The van der Waals surface area contributed by atoms with Gasteiger partial charge in [0.1, 0.15) is 5.75 Å². The zero-order valence-electron chi connectivity index (χ0n) is 13.7. The lowest BCUT2D eigenvalue weighted by atomic mass is 9.98. The van der Waals surface area contributed by atoms with Crippen LogP contribution in [0.1, 0.15) is 23.3 Å². The summed E-state index contributed by atoms with van der Waals surface area (Å²) in [5.41, 5.74) is 2.71. The van der Waals surface area contributed by atoms with Gasteiger partial charge in [0, 0.05) is 25.6 Å². The highest BCUT2D eigenvalue weighted by Gasteiger charge is 2.41.